The minimum Gasteiger partial charge on any atom is -0.550 e. The first-order chi connectivity index (χ1) is 42.9. The van der Waals surface area contributed by atoms with Gasteiger partial charge in [0.1, 0.15) is 41.5 Å². The Balaban J connectivity index is 0.000000180. The van der Waals surface area contributed by atoms with E-state index in [2.05, 4.69) is 30.4 Å². The fraction of sp³-hybridized carbons (Fsp3) is 0.138. The lowest BCUT2D eigenvalue weighted by Crippen LogP contribution is -2.46. The molecule has 5 heterocycles. The summed E-state index contributed by atoms with van der Waals surface area (Å²) in [6, 6.07) is 39.8. The predicted molar refractivity (Wildman–Crippen MR) is 320 cm³/mol. The Kier molecular flexibility index (Phi) is 22.7. The fourth-order valence-electron chi connectivity index (χ4n) is 8.42. The van der Waals surface area contributed by atoms with Gasteiger partial charge in [-0.15, -0.1) is 0 Å². The summed E-state index contributed by atoms with van der Waals surface area (Å²) in [4.78, 5) is 63.6. The average molecular weight is 1230 g/mol. The highest BCUT2D eigenvalue weighted by molar-refractivity contribution is 6.03. The average Bonchev–Trinajstić information content (AvgIpc) is 3.86. The second kappa shape index (κ2) is 30.8. The number of allylic oxidation sites excluding steroid dienone is 1. The second-order valence-electron chi connectivity index (χ2n) is 19.9. The topological polar surface area (TPSA) is 285 Å². The van der Waals surface area contributed by atoms with Gasteiger partial charge < -0.3 is 19.5 Å². The van der Waals surface area contributed by atoms with Crippen LogP contribution in [0.5, 0.6) is 0 Å². The molecule has 1 aliphatic heterocycles. The third kappa shape index (κ3) is 19.6. The van der Waals surface area contributed by atoms with Crippen LogP contribution in [0.25, 0.3) is 45.2 Å². The van der Waals surface area contributed by atoms with Crippen molar-refractivity contribution in [2.24, 2.45) is 10.7 Å². The molecule has 0 radical (unpaired) electrons. The Morgan fingerprint density at radius 3 is 1.27 bits per heavy atom. The molecule has 25 heteroatoms. The molecule has 0 bridgehead atoms. The van der Waals surface area contributed by atoms with E-state index in [1.165, 1.54) is 87.2 Å². The molecule has 0 spiro atoms. The molecule has 0 aliphatic carbocycles. The van der Waals surface area contributed by atoms with Crippen LogP contribution in [-0.4, -0.2) is 74.5 Å². The van der Waals surface area contributed by atoms with Crippen LogP contribution in [0.4, 0.5) is 26.3 Å². The summed E-state index contributed by atoms with van der Waals surface area (Å²) in [6.07, 6.45) is 2.66. The van der Waals surface area contributed by atoms with Gasteiger partial charge in [-0.3, -0.25) is 35.3 Å². The van der Waals surface area contributed by atoms with Crippen LogP contribution in [0.2, 0.25) is 0 Å². The van der Waals surface area contributed by atoms with Crippen LogP contribution in [0.15, 0.2) is 199 Å². The second-order valence-corrected chi connectivity index (χ2v) is 19.9. The number of hydrogen-bond donors (Lipinski definition) is 3. The molecule has 0 saturated heterocycles. The lowest BCUT2D eigenvalue weighted by molar-refractivity contribution is -0.302. The first kappa shape index (κ1) is 66.2. The number of aliphatic hydroxyl groups is 1. The number of carboxylic acids is 1. The number of nitrogens with zero attached hydrogens (tertiary/aromatic N) is 9. The maximum atomic E-state index is 13.5. The Morgan fingerprint density at radius 2 is 0.922 bits per heavy atom. The summed E-state index contributed by atoms with van der Waals surface area (Å²) < 4.78 is 89.5. The molecule has 1 aliphatic rings. The van der Waals surface area contributed by atoms with Gasteiger partial charge in [0.25, 0.3) is 22.5 Å². The van der Waals surface area contributed by atoms with Crippen LogP contribution < -0.4 is 32.9 Å². The van der Waals surface area contributed by atoms with Crippen LogP contribution >= 0.6 is 0 Å². The number of hydrogen-bond acceptors (Lipinski definition) is 14. The number of amidine groups is 1. The number of aliphatic hydroxyl groups excluding tert-OH is 1. The standard InChI is InChI=1S/C22H17F2N3O.C20H14F2N4O2.C18H14F2N4O.C3H6O2.C2H4O2/c1-14-7-21(25-12-14)16-4-2-3-15(8-16)13-27-22(28)6-5-20(26-27)17-9-18(23)11-19(24)10-17;1-12-23-20(25-28-12)14-4-2-3-13(7-14)11-26-19(27)6-5-18(24-26)15-8-16(21)10-17(22)9-15;19-14-7-13(8-15(20)9-14)16-4-5-17(25)24(23-16)10-11-2-1-3-12(6-11)18(21)22;1-3(5)2-4;1-2(3)4/h2-6,8-12H,7,13H2,1H3;2-10H,11H2,1H3;1-9H,10H2,(H3,21,22);4H,2H2,1H3;1H3,(H,3,4). The van der Waals surface area contributed by atoms with Gasteiger partial charge in [-0.05, 0) is 127 Å². The number of rotatable bonds is 13. The molecule has 460 valence electrons. The zero-order chi connectivity index (χ0) is 65.2. The van der Waals surface area contributed by atoms with Crippen LogP contribution in [0, 0.1) is 41.8 Å². The van der Waals surface area contributed by atoms with E-state index in [0.29, 0.717) is 34.4 Å². The lowest BCUT2D eigenvalue weighted by Gasteiger charge is -2.09. The number of nitrogens with two attached hydrogens (primary N) is 2. The monoisotopic (exact) mass is 1230 g/mol. The van der Waals surface area contributed by atoms with Crippen molar-refractivity contribution in [2.45, 2.75) is 53.8 Å². The Labute approximate surface area is 508 Å². The quantitative estimate of drug-likeness (QED) is 0.0598. The predicted octanol–water partition coefficient (Wildman–Crippen LogP) is 6.95. The molecule has 6 aromatic carbocycles. The molecule has 0 fully saturated rings. The van der Waals surface area contributed by atoms with E-state index in [9.17, 15) is 45.5 Å². The molecule has 11 rings (SSSR count). The SMILES string of the molecule is CC(=O)CO.CC(=O)[O-].CC1=CN=C(c2cccc(Cn3nc(-c4cc(F)cc(F)c4)ccc3=O)c2)C1.Cc1nc(-c2cccc(Cn3nc(-c4cc(F)cc(F)c4)ccc3=O)c2)no1.NC(=[NH2+])c1cccc(Cn2nc(-c3cc(F)cc(F)c3)ccc2=O)c1. The third-order valence-electron chi connectivity index (χ3n) is 12.4. The van der Waals surface area contributed by atoms with Crippen LogP contribution in [0.1, 0.15) is 60.9 Å². The molecule has 0 saturated carbocycles. The van der Waals surface area contributed by atoms with Crippen molar-refractivity contribution in [3.63, 3.8) is 0 Å². The van der Waals surface area contributed by atoms with Crippen LogP contribution in [-0.2, 0) is 29.2 Å². The normalized spacial score (nSPS) is 11.2. The number of halogens is 6. The van der Waals surface area contributed by atoms with E-state index in [-0.39, 0.29) is 71.2 Å². The van der Waals surface area contributed by atoms with Crippen molar-refractivity contribution >= 4 is 23.3 Å². The van der Waals surface area contributed by atoms with E-state index in [0.717, 1.165) is 77.2 Å². The van der Waals surface area contributed by atoms with Gasteiger partial charge in [0.05, 0.1) is 48.0 Å². The summed E-state index contributed by atoms with van der Waals surface area (Å²) in [5.41, 5.74) is 13.3. The zero-order valence-electron chi connectivity index (χ0n) is 48.5. The summed E-state index contributed by atoms with van der Waals surface area (Å²) in [7, 11) is 0. The van der Waals surface area contributed by atoms with E-state index < -0.39 is 40.9 Å². The summed E-state index contributed by atoms with van der Waals surface area (Å²) in [6.45, 7) is 6.30. The minimum atomic E-state index is -1.08. The number of aromatic nitrogens is 8. The van der Waals surface area contributed by atoms with E-state index in [4.69, 9.17) is 30.7 Å². The highest BCUT2D eigenvalue weighted by Gasteiger charge is 2.15. The van der Waals surface area contributed by atoms with Gasteiger partial charge in [-0.1, -0.05) is 53.7 Å². The number of carboxylic acid groups (broad SMARTS) is 1. The maximum Gasteiger partial charge on any atom is 0.270 e. The van der Waals surface area contributed by atoms with Gasteiger partial charge in [-0.2, -0.15) is 20.3 Å². The molecule has 0 atom stereocenters. The molecule has 0 unspecified atom stereocenters. The smallest absolute Gasteiger partial charge is 0.270 e. The van der Waals surface area contributed by atoms with E-state index >= 15 is 0 Å². The number of carbonyl (C=O) groups excluding carboxylic acids is 2. The molecular formula is C65H55F6N11O8. The molecule has 5 N–H and O–H groups in total. The van der Waals surface area contributed by atoms with Crippen molar-refractivity contribution in [1.82, 2.24) is 39.5 Å². The van der Waals surface area contributed by atoms with Gasteiger partial charge in [0, 0.05) is 84.2 Å². The van der Waals surface area contributed by atoms with Crippen LogP contribution in [0.3, 0.4) is 0 Å². The maximum absolute atomic E-state index is 13.5. The first-order valence-electron chi connectivity index (χ1n) is 27.0. The van der Waals surface area contributed by atoms with Gasteiger partial charge in [0.15, 0.2) is 5.78 Å². The Bertz CT molecular complexity index is 4460. The van der Waals surface area contributed by atoms with Gasteiger partial charge in [-0.25, -0.2) is 40.4 Å². The molecule has 19 nitrogen and oxygen atoms in total. The molecule has 90 heavy (non-hydrogen) atoms. The number of Topliss-reactive ketones (excluding diaryl/α,β-unsaturated/α-hetero) is 1. The van der Waals surface area contributed by atoms with E-state index in [1.807, 2.05) is 61.7 Å². The summed E-state index contributed by atoms with van der Waals surface area (Å²) in [5, 5.41) is 38.9. The van der Waals surface area contributed by atoms with E-state index in [1.54, 1.807) is 31.2 Å². The number of aliphatic imine (C=N–C) groups is 1. The van der Waals surface area contributed by atoms with Gasteiger partial charge >= 0.3 is 0 Å². The summed E-state index contributed by atoms with van der Waals surface area (Å²) >= 11 is 0. The summed E-state index contributed by atoms with van der Waals surface area (Å²) in [5.74, 6) is -4.43. The largest absolute Gasteiger partial charge is 0.550 e. The Hall–Kier alpha value is -11.3. The third-order valence-corrected chi connectivity index (χ3v) is 12.4. The first-order valence-corrected chi connectivity index (χ1v) is 27.0. The van der Waals surface area contributed by atoms with Crippen molar-refractivity contribution < 1.29 is 56.1 Å². The highest BCUT2D eigenvalue weighted by Crippen LogP contribution is 2.24. The highest BCUT2D eigenvalue weighted by atomic mass is 19.2. The molecular weight excluding hydrogens is 1180 g/mol. The number of benzene rings is 6. The minimum absolute atomic E-state index is 0.172. The zero-order valence-corrected chi connectivity index (χ0v) is 48.5. The Morgan fingerprint density at radius 1 is 0.556 bits per heavy atom. The van der Waals surface area contributed by atoms with Crippen molar-refractivity contribution in [2.75, 3.05) is 6.61 Å². The number of ketones is 1. The lowest BCUT2D eigenvalue weighted by atomic mass is 10.0. The number of aryl methyl sites for hydroxylation is 1. The number of carbonyl (C=O) groups is 2. The fourth-order valence-corrected chi connectivity index (χ4v) is 8.42. The molecule has 10 aromatic rings. The van der Waals surface area contributed by atoms with Crippen molar-refractivity contribution in [3.8, 4) is 45.2 Å². The van der Waals surface area contributed by atoms with Gasteiger partial charge in [0.2, 0.25) is 11.7 Å². The van der Waals surface area contributed by atoms with Crippen molar-refractivity contribution in [1.29, 1.82) is 0 Å². The van der Waals surface area contributed by atoms with Crippen molar-refractivity contribution in [3.05, 3.63) is 275 Å². The number of aliphatic carboxylic acids is 1. The molecule has 4 aromatic heterocycles. The molecule has 0 amide bonds.